The fourth-order valence-electron chi connectivity index (χ4n) is 2.53. The molecule has 2 N–H and O–H groups in total. The molecule has 0 radical (unpaired) electrons. The number of esters is 1. The maximum Gasteiger partial charge on any atom is 0.343 e. The fourth-order valence-corrected chi connectivity index (χ4v) is 2.53. The topological polar surface area (TPSA) is 75.6 Å². The summed E-state index contributed by atoms with van der Waals surface area (Å²) < 4.78 is 58.8. The Kier molecular flexibility index (Phi) is 6.63. The number of benzene rings is 2. The van der Waals surface area contributed by atoms with Gasteiger partial charge in [-0.3, -0.25) is 4.79 Å². The van der Waals surface area contributed by atoms with E-state index in [0.717, 1.165) is 11.8 Å². The van der Waals surface area contributed by atoms with Crippen molar-refractivity contribution in [1.82, 2.24) is 0 Å². The summed E-state index contributed by atoms with van der Waals surface area (Å²) in [6, 6.07) is 3.34. The number of hydrogen-bond donors (Lipinski definition) is 2. The number of nitrogens with one attached hydrogen (secondary N) is 1. The van der Waals surface area contributed by atoms with Crippen LogP contribution in [0, 0.1) is 37.1 Å². The minimum Gasteiger partial charge on any atom is -0.505 e. The van der Waals surface area contributed by atoms with Gasteiger partial charge in [0.2, 0.25) is 5.78 Å². The number of phenols is 1. The van der Waals surface area contributed by atoms with E-state index in [1.165, 1.54) is 13.0 Å². The molecule has 154 valence electrons. The molecule has 0 saturated heterocycles. The highest BCUT2D eigenvalue weighted by molar-refractivity contribution is 6.24. The SMILES string of the molecule is CCOC(=O)/C(=C/Nc1cc(C)cc(C)c1O)C(=O)c1cc(F)c(F)c(F)c1F. The van der Waals surface area contributed by atoms with Gasteiger partial charge in [-0.05, 0) is 44.0 Å². The molecule has 9 heteroatoms. The first kappa shape index (κ1) is 21.9. The van der Waals surface area contributed by atoms with Gasteiger partial charge in [0.15, 0.2) is 23.3 Å². The summed E-state index contributed by atoms with van der Waals surface area (Å²) in [5.41, 5.74) is -0.636. The van der Waals surface area contributed by atoms with Gasteiger partial charge < -0.3 is 15.2 Å². The van der Waals surface area contributed by atoms with Crippen molar-refractivity contribution in [3.8, 4) is 5.75 Å². The van der Waals surface area contributed by atoms with Gasteiger partial charge in [0.1, 0.15) is 11.3 Å². The van der Waals surface area contributed by atoms with Crippen LogP contribution in [0.15, 0.2) is 30.0 Å². The Morgan fingerprint density at radius 1 is 1.07 bits per heavy atom. The Morgan fingerprint density at radius 2 is 1.72 bits per heavy atom. The molecule has 0 atom stereocenters. The molecular formula is C20H17F4NO4. The first-order valence-electron chi connectivity index (χ1n) is 8.40. The van der Waals surface area contributed by atoms with Crippen molar-refractivity contribution in [3.63, 3.8) is 0 Å². The molecule has 0 unspecified atom stereocenters. The van der Waals surface area contributed by atoms with Gasteiger partial charge in [0, 0.05) is 6.20 Å². The normalized spacial score (nSPS) is 11.3. The average Bonchev–Trinajstić information content (AvgIpc) is 2.66. The van der Waals surface area contributed by atoms with Crippen molar-refractivity contribution >= 4 is 17.4 Å². The minimum absolute atomic E-state index is 0.119. The summed E-state index contributed by atoms with van der Waals surface area (Å²) >= 11 is 0. The smallest absolute Gasteiger partial charge is 0.343 e. The second kappa shape index (κ2) is 8.76. The van der Waals surface area contributed by atoms with E-state index in [-0.39, 0.29) is 24.1 Å². The number of carbonyl (C=O) groups is 2. The van der Waals surface area contributed by atoms with Gasteiger partial charge in [-0.15, -0.1) is 0 Å². The van der Waals surface area contributed by atoms with Gasteiger partial charge >= 0.3 is 5.97 Å². The van der Waals surface area contributed by atoms with E-state index in [1.807, 2.05) is 0 Å². The molecule has 2 rings (SSSR count). The number of ketones is 1. The number of carbonyl (C=O) groups excluding carboxylic acids is 2. The zero-order valence-electron chi connectivity index (χ0n) is 15.7. The number of rotatable bonds is 6. The first-order chi connectivity index (χ1) is 13.6. The van der Waals surface area contributed by atoms with Crippen LogP contribution in [0.2, 0.25) is 0 Å². The molecule has 0 aromatic heterocycles. The standard InChI is InChI=1S/C20H17F4NO4/c1-4-29-20(28)12(8-25-14-6-9(2)5-10(3)18(14)26)19(27)11-7-13(21)16(23)17(24)15(11)22/h5-8,25-26H,4H2,1-3H3/b12-8+. The van der Waals surface area contributed by atoms with E-state index in [0.29, 0.717) is 5.56 Å². The molecule has 0 saturated carbocycles. The number of halogens is 4. The van der Waals surface area contributed by atoms with Crippen LogP contribution in [0.3, 0.4) is 0 Å². The lowest BCUT2D eigenvalue weighted by Crippen LogP contribution is -2.19. The molecule has 2 aromatic carbocycles. The van der Waals surface area contributed by atoms with E-state index in [2.05, 4.69) is 5.32 Å². The van der Waals surface area contributed by atoms with Crippen LogP contribution < -0.4 is 5.32 Å². The second-order valence-corrected chi connectivity index (χ2v) is 6.08. The summed E-state index contributed by atoms with van der Waals surface area (Å²) in [5, 5.41) is 12.6. The quantitative estimate of drug-likeness (QED) is 0.0853. The van der Waals surface area contributed by atoms with Crippen molar-refractivity contribution in [1.29, 1.82) is 0 Å². The Labute approximate surface area is 163 Å². The van der Waals surface area contributed by atoms with Gasteiger partial charge in [0.25, 0.3) is 0 Å². The highest BCUT2D eigenvalue weighted by atomic mass is 19.2. The molecule has 5 nitrogen and oxygen atoms in total. The molecule has 0 aliphatic rings. The Bertz CT molecular complexity index is 1020. The van der Waals surface area contributed by atoms with Crippen LogP contribution in [-0.2, 0) is 9.53 Å². The van der Waals surface area contributed by atoms with Gasteiger partial charge in [0.05, 0.1) is 17.9 Å². The van der Waals surface area contributed by atoms with Crippen LogP contribution in [0.5, 0.6) is 5.75 Å². The molecule has 0 fully saturated rings. The van der Waals surface area contributed by atoms with Crippen LogP contribution in [0.25, 0.3) is 0 Å². The Morgan fingerprint density at radius 3 is 2.34 bits per heavy atom. The largest absolute Gasteiger partial charge is 0.505 e. The van der Waals surface area contributed by atoms with E-state index in [9.17, 15) is 32.3 Å². The van der Waals surface area contributed by atoms with Crippen molar-refractivity contribution < 1.29 is 37.0 Å². The molecule has 0 bridgehead atoms. The van der Waals surface area contributed by atoms with Gasteiger partial charge in [-0.25, -0.2) is 22.4 Å². The van der Waals surface area contributed by atoms with Crippen LogP contribution in [0.4, 0.5) is 23.2 Å². The number of Topliss-reactive ketones (excluding diaryl/α,β-unsaturated/α-hetero) is 1. The van der Waals surface area contributed by atoms with Crippen molar-refractivity contribution in [2.24, 2.45) is 0 Å². The lowest BCUT2D eigenvalue weighted by atomic mass is 10.0. The highest BCUT2D eigenvalue weighted by Gasteiger charge is 2.28. The van der Waals surface area contributed by atoms with Crippen LogP contribution in [0.1, 0.15) is 28.4 Å². The summed E-state index contributed by atoms with van der Waals surface area (Å²) in [5.74, 6) is -10.8. The average molecular weight is 411 g/mol. The zero-order valence-corrected chi connectivity index (χ0v) is 15.7. The number of phenolic OH excluding ortho intramolecular Hbond substituents is 1. The van der Waals surface area contributed by atoms with Crippen LogP contribution >= 0.6 is 0 Å². The molecular weight excluding hydrogens is 394 g/mol. The second-order valence-electron chi connectivity index (χ2n) is 6.08. The summed E-state index contributed by atoms with van der Waals surface area (Å²) in [7, 11) is 0. The zero-order chi connectivity index (χ0) is 21.9. The predicted octanol–water partition coefficient (Wildman–Crippen LogP) is 4.31. The fraction of sp³-hybridized carbons (Fsp3) is 0.200. The number of aromatic hydroxyl groups is 1. The van der Waals surface area contributed by atoms with Crippen LogP contribution in [-0.4, -0.2) is 23.5 Å². The minimum atomic E-state index is -2.18. The first-order valence-corrected chi connectivity index (χ1v) is 8.40. The third kappa shape index (κ3) is 4.56. The van der Waals surface area contributed by atoms with E-state index in [1.54, 1.807) is 19.9 Å². The highest BCUT2D eigenvalue weighted by Crippen LogP contribution is 2.29. The Balaban J connectivity index is 2.53. The molecule has 0 aliphatic carbocycles. The van der Waals surface area contributed by atoms with Crippen molar-refractivity contribution in [2.75, 3.05) is 11.9 Å². The van der Waals surface area contributed by atoms with E-state index >= 15 is 0 Å². The summed E-state index contributed by atoms with van der Waals surface area (Å²) in [6.45, 7) is 4.65. The maximum absolute atomic E-state index is 14.0. The molecule has 2 aromatic rings. The van der Waals surface area contributed by atoms with E-state index < -0.39 is 46.2 Å². The third-order valence-corrected chi connectivity index (χ3v) is 3.90. The lowest BCUT2D eigenvalue weighted by molar-refractivity contribution is -0.138. The molecule has 29 heavy (non-hydrogen) atoms. The number of hydrogen-bond acceptors (Lipinski definition) is 5. The molecule has 0 spiro atoms. The van der Waals surface area contributed by atoms with Crippen molar-refractivity contribution in [3.05, 3.63) is 69.9 Å². The number of anilines is 1. The third-order valence-electron chi connectivity index (χ3n) is 3.90. The molecule has 0 aliphatic heterocycles. The van der Waals surface area contributed by atoms with Gasteiger partial charge in [-0.2, -0.15) is 0 Å². The predicted molar refractivity (Wildman–Crippen MR) is 96.5 cm³/mol. The maximum atomic E-state index is 14.0. The lowest BCUT2D eigenvalue weighted by Gasteiger charge is -2.11. The van der Waals surface area contributed by atoms with Gasteiger partial charge in [-0.1, -0.05) is 6.07 Å². The molecule has 0 heterocycles. The monoisotopic (exact) mass is 411 g/mol. The summed E-state index contributed by atoms with van der Waals surface area (Å²) in [4.78, 5) is 24.7. The summed E-state index contributed by atoms with van der Waals surface area (Å²) in [6.07, 6.45) is 0.812. The number of ether oxygens (including phenoxy) is 1. The van der Waals surface area contributed by atoms with E-state index in [4.69, 9.17) is 4.74 Å². The number of aryl methyl sites for hydroxylation is 2. The van der Waals surface area contributed by atoms with Crippen molar-refractivity contribution in [2.45, 2.75) is 20.8 Å². The Hall–Kier alpha value is -3.36. The molecule has 0 amide bonds.